The largest absolute Gasteiger partial charge is 0.350 e. The van der Waals surface area contributed by atoms with Crippen molar-refractivity contribution in [2.45, 2.75) is 25.9 Å². The van der Waals surface area contributed by atoms with E-state index in [1.807, 2.05) is 36.5 Å². The zero-order valence-electron chi connectivity index (χ0n) is 14.3. The van der Waals surface area contributed by atoms with Gasteiger partial charge < -0.3 is 10.2 Å². The number of aromatic nitrogens is 4. The summed E-state index contributed by atoms with van der Waals surface area (Å²) in [5, 5.41) is 3.58. The second-order valence-electron chi connectivity index (χ2n) is 6.91. The van der Waals surface area contributed by atoms with Crippen molar-refractivity contribution in [1.82, 2.24) is 24.7 Å². The van der Waals surface area contributed by atoms with Crippen LogP contribution in [0.2, 0.25) is 0 Å². The lowest BCUT2D eigenvalue weighted by molar-refractivity contribution is 0.405. The molecule has 0 amide bonds. The molecule has 2 atom stereocenters. The molecule has 0 saturated carbocycles. The third-order valence-electron chi connectivity index (χ3n) is 4.82. The number of nitrogens with zero attached hydrogens (tertiary/aromatic N) is 5. The summed E-state index contributed by atoms with van der Waals surface area (Å²) in [7, 11) is 0. The highest BCUT2D eigenvalue weighted by atomic mass is 15.3. The Kier molecular flexibility index (Phi) is 3.15. The van der Waals surface area contributed by atoms with Crippen molar-refractivity contribution in [3.63, 3.8) is 0 Å². The highest BCUT2D eigenvalue weighted by molar-refractivity contribution is 5.91. The van der Waals surface area contributed by atoms with Crippen LogP contribution in [0.4, 0.5) is 5.82 Å². The van der Waals surface area contributed by atoms with Crippen molar-refractivity contribution in [1.29, 1.82) is 0 Å². The molecule has 5 rings (SSSR count). The Balaban J connectivity index is 1.85. The molecule has 4 heterocycles. The first-order valence-electron chi connectivity index (χ1n) is 8.73. The van der Waals surface area contributed by atoms with Crippen molar-refractivity contribution in [3.05, 3.63) is 42.6 Å². The van der Waals surface area contributed by atoms with E-state index in [-0.39, 0.29) is 0 Å². The molecular formula is C19H20N6. The van der Waals surface area contributed by atoms with Gasteiger partial charge >= 0.3 is 0 Å². The first-order valence-corrected chi connectivity index (χ1v) is 8.73. The van der Waals surface area contributed by atoms with Crippen molar-refractivity contribution >= 4 is 33.7 Å². The third-order valence-corrected chi connectivity index (χ3v) is 4.82. The first-order chi connectivity index (χ1) is 12.2. The Morgan fingerprint density at radius 2 is 1.68 bits per heavy atom. The molecule has 4 aromatic rings. The molecule has 0 unspecified atom stereocenters. The predicted molar refractivity (Wildman–Crippen MR) is 100 cm³/mol. The fourth-order valence-electron chi connectivity index (χ4n) is 3.91. The monoisotopic (exact) mass is 332 g/mol. The number of hydrogen-bond donors (Lipinski definition) is 1. The summed E-state index contributed by atoms with van der Waals surface area (Å²) >= 11 is 0. The molecule has 1 saturated heterocycles. The van der Waals surface area contributed by atoms with Gasteiger partial charge in [-0.2, -0.15) is 0 Å². The molecule has 6 heteroatoms. The van der Waals surface area contributed by atoms with E-state index in [4.69, 9.17) is 9.97 Å². The smallest absolute Gasteiger partial charge is 0.183 e. The Hall–Kier alpha value is -2.73. The van der Waals surface area contributed by atoms with E-state index in [0.29, 0.717) is 12.1 Å². The van der Waals surface area contributed by atoms with E-state index in [0.717, 1.165) is 46.8 Å². The van der Waals surface area contributed by atoms with Gasteiger partial charge in [0.2, 0.25) is 0 Å². The Bertz CT molecular complexity index is 1080. The van der Waals surface area contributed by atoms with Crippen LogP contribution >= 0.6 is 0 Å². The van der Waals surface area contributed by atoms with Gasteiger partial charge in [-0.05, 0) is 38.1 Å². The van der Waals surface area contributed by atoms with Crippen molar-refractivity contribution < 1.29 is 0 Å². The predicted octanol–water partition coefficient (Wildman–Crippen LogP) is 2.62. The van der Waals surface area contributed by atoms with Crippen molar-refractivity contribution in [2.75, 3.05) is 18.0 Å². The molecule has 1 aliphatic heterocycles. The molecular weight excluding hydrogens is 312 g/mol. The number of imidazole rings is 1. The van der Waals surface area contributed by atoms with Crippen LogP contribution in [-0.4, -0.2) is 44.5 Å². The number of piperazine rings is 1. The number of nitrogens with one attached hydrogen (secondary N) is 1. The number of hydrogen-bond acceptors (Lipinski definition) is 5. The van der Waals surface area contributed by atoms with E-state index in [9.17, 15) is 0 Å². The third kappa shape index (κ3) is 2.25. The van der Waals surface area contributed by atoms with Gasteiger partial charge in [-0.25, -0.2) is 15.0 Å². The molecule has 1 fully saturated rings. The second-order valence-corrected chi connectivity index (χ2v) is 6.91. The Labute approximate surface area is 145 Å². The highest BCUT2D eigenvalue weighted by Crippen LogP contribution is 2.28. The molecule has 1 N–H and O–H groups in total. The summed E-state index contributed by atoms with van der Waals surface area (Å²) in [6.45, 7) is 6.26. The maximum Gasteiger partial charge on any atom is 0.183 e. The molecule has 6 nitrogen and oxygen atoms in total. The average molecular weight is 332 g/mol. The fourth-order valence-corrected chi connectivity index (χ4v) is 3.91. The minimum atomic E-state index is 0.416. The molecule has 1 aromatic carbocycles. The van der Waals surface area contributed by atoms with Crippen LogP contribution in [0.5, 0.6) is 0 Å². The lowest BCUT2D eigenvalue weighted by atomic mass is 10.1. The van der Waals surface area contributed by atoms with E-state index >= 15 is 0 Å². The summed E-state index contributed by atoms with van der Waals surface area (Å²) in [4.78, 5) is 16.8. The first kappa shape index (κ1) is 14.6. The van der Waals surface area contributed by atoms with Gasteiger partial charge in [0, 0.05) is 31.4 Å². The number of fused-ring (bicyclic) bond motifs is 5. The number of anilines is 1. The Morgan fingerprint density at radius 1 is 0.920 bits per heavy atom. The summed E-state index contributed by atoms with van der Waals surface area (Å²) in [6.07, 6.45) is 1.81. The maximum absolute atomic E-state index is 4.94. The molecule has 0 radical (unpaired) electrons. The van der Waals surface area contributed by atoms with E-state index in [1.54, 1.807) is 0 Å². The Morgan fingerprint density at radius 3 is 2.52 bits per heavy atom. The quantitative estimate of drug-likeness (QED) is 0.581. The SMILES string of the molecule is C[C@@H]1CN(c2nc3cccnc3n3c2nc2ccccc23)C[C@H](C)N1. The molecule has 1 aliphatic rings. The fraction of sp³-hybridized carbons (Fsp3) is 0.316. The summed E-state index contributed by atoms with van der Waals surface area (Å²) in [5.41, 5.74) is 4.67. The van der Waals surface area contributed by atoms with Crippen LogP contribution in [0.3, 0.4) is 0 Å². The molecule has 25 heavy (non-hydrogen) atoms. The van der Waals surface area contributed by atoms with Crippen LogP contribution in [0, 0.1) is 0 Å². The lowest BCUT2D eigenvalue weighted by Crippen LogP contribution is -2.54. The van der Waals surface area contributed by atoms with Gasteiger partial charge in [-0.1, -0.05) is 12.1 Å². The topological polar surface area (TPSA) is 58.4 Å². The highest BCUT2D eigenvalue weighted by Gasteiger charge is 2.25. The lowest BCUT2D eigenvalue weighted by Gasteiger charge is -2.37. The number of rotatable bonds is 1. The van der Waals surface area contributed by atoms with Gasteiger partial charge in [0.05, 0.1) is 11.0 Å². The number of para-hydroxylation sites is 2. The number of pyridine rings is 1. The number of benzene rings is 1. The minimum absolute atomic E-state index is 0.416. The second kappa shape index (κ2) is 5.39. The molecule has 0 spiro atoms. The van der Waals surface area contributed by atoms with Crippen LogP contribution in [0.15, 0.2) is 42.6 Å². The maximum atomic E-state index is 4.94. The minimum Gasteiger partial charge on any atom is -0.350 e. The normalized spacial score (nSPS) is 21.4. The van der Waals surface area contributed by atoms with Crippen LogP contribution < -0.4 is 10.2 Å². The molecule has 0 aliphatic carbocycles. The van der Waals surface area contributed by atoms with E-state index < -0.39 is 0 Å². The van der Waals surface area contributed by atoms with Gasteiger partial charge in [0.1, 0.15) is 5.52 Å². The van der Waals surface area contributed by atoms with E-state index in [1.165, 1.54) is 0 Å². The van der Waals surface area contributed by atoms with Gasteiger partial charge in [-0.15, -0.1) is 0 Å². The molecule has 126 valence electrons. The van der Waals surface area contributed by atoms with Crippen LogP contribution in [0.25, 0.3) is 27.8 Å². The average Bonchev–Trinajstić information content (AvgIpc) is 3.00. The standard InChI is InChI=1S/C19H20N6/c1-12-10-24(11-13(2)21-12)18-19-22-14-6-3-4-8-16(14)25(19)17-15(23-18)7-5-9-20-17/h3-9,12-13,21H,10-11H2,1-2H3/t12-,13+. The van der Waals surface area contributed by atoms with Gasteiger partial charge in [0.25, 0.3) is 0 Å². The summed E-state index contributed by atoms with van der Waals surface area (Å²) in [5.74, 6) is 0.942. The van der Waals surface area contributed by atoms with Crippen LogP contribution in [-0.2, 0) is 0 Å². The molecule has 0 bridgehead atoms. The summed E-state index contributed by atoms with van der Waals surface area (Å²) in [6, 6.07) is 13.0. The van der Waals surface area contributed by atoms with Crippen molar-refractivity contribution in [2.24, 2.45) is 0 Å². The van der Waals surface area contributed by atoms with Gasteiger partial charge in [0.15, 0.2) is 17.1 Å². The van der Waals surface area contributed by atoms with Gasteiger partial charge in [-0.3, -0.25) is 4.40 Å². The van der Waals surface area contributed by atoms with E-state index in [2.05, 4.69) is 39.5 Å². The molecule has 3 aromatic heterocycles. The van der Waals surface area contributed by atoms with Crippen LogP contribution in [0.1, 0.15) is 13.8 Å². The summed E-state index contributed by atoms with van der Waals surface area (Å²) < 4.78 is 2.14. The zero-order chi connectivity index (χ0) is 17.0. The van der Waals surface area contributed by atoms with Crippen molar-refractivity contribution in [3.8, 4) is 0 Å². The zero-order valence-corrected chi connectivity index (χ0v) is 14.3.